The quantitative estimate of drug-likeness (QED) is 0.632. The van der Waals surface area contributed by atoms with Crippen LogP contribution in [0, 0.1) is 11.8 Å². The summed E-state index contributed by atoms with van der Waals surface area (Å²) in [6.45, 7) is 0.0435. The zero-order valence-electron chi connectivity index (χ0n) is 15.3. The zero-order valence-corrected chi connectivity index (χ0v) is 15.3. The van der Waals surface area contributed by atoms with E-state index in [0.717, 1.165) is 19.3 Å². The number of hydrogen-bond acceptors (Lipinski definition) is 6. The van der Waals surface area contributed by atoms with E-state index in [9.17, 15) is 15.0 Å². The van der Waals surface area contributed by atoms with Gasteiger partial charge in [-0.2, -0.15) is 0 Å². The Morgan fingerprint density at radius 2 is 1.93 bits per heavy atom. The van der Waals surface area contributed by atoms with Gasteiger partial charge in [-0.1, -0.05) is 24.6 Å². The molecule has 0 bridgehead atoms. The van der Waals surface area contributed by atoms with Crippen LogP contribution in [0.2, 0.25) is 0 Å². The molecule has 0 aliphatic heterocycles. The number of para-hydroxylation sites is 1. The lowest BCUT2D eigenvalue weighted by Crippen LogP contribution is -2.30. The maximum atomic E-state index is 12.7. The van der Waals surface area contributed by atoms with E-state index in [2.05, 4.69) is 0 Å². The summed E-state index contributed by atoms with van der Waals surface area (Å²) in [6, 6.07) is 13.8. The predicted octanol–water partition coefficient (Wildman–Crippen LogP) is 3.69. The second-order valence-corrected chi connectivity index (χ2v) is 7.05. The third-order valence-corrected chi connectivity index (χ3v) is 5.26. The molecule has 6 heteroatoms. The highest BCUT2D eigenvalue weighted by molar-refractivity contribution is 5.79. The minimum absolute atomic E-state index is 0.0435. The van der Waals surface area contributed by atoms with Gasteiger partial charge in [0, 0.05) is 18.6 Å². The van der Waals surface area contributed by atoms with Crippen molar-refractivity contribution in [2.75, 3.05) is 6.61 Å². The Balaban J connectivity index is 1.55. The van der Waals surface area contributed by atoms with Gasteiger partial charge in [0.05, 0.1) is 5.39 Å². The highest BCUT2D eigenvalue weighted by Gasteiger charge is 2.33. The summed E-state index contributed by atoms with van der Waals surface area (Å²) in [7, 11) is 0. The normalized spacial score (nSPS) is 20.2. The number of benzene rings is 2. The number of ether oxygens (including phenoxy) is 2. The molecule has 0 radical (unpaired) electrons. The third-order valence-electron chi connectivity index (χ3n) is 5.26. The fourth-order valence-corrected chi connectivity index (χ4v) is 3.74. The molecular weight excluding hydrogens is 360 g/mol. The molecule has 3 aromatic rings. The molecule has 0 spiro atoms. The lowest BCUT2D eigenvalue weighted by atomic mass is 9.96. The monoisotopic (exact) mass is 382 g/mol. The van der Waals surface area contributed by atoms with Gasteiger partial charge >= 0.3 is 0 Å². The topological polar surface area (TPSA) is 89.1 Å². The minimum Gasteiger partial charge on any atom is -0.465 e. The fraction of sp³-hybridized carbons (Fsp3) is 0.318. The van der Waals surface area contributed by atoms with E-state index in [0.29, 0.717) is 22.5 Å². The van der Waals surface area contributed by atoms with Gasteiger partial charge in [-0.3, -0.25) is 4.79 Å². The smallest absolute Gasteiger partial charge is 0.235 e. The van der Waals surface area contributed by atoms with Crippen molar-refractivity contribution in [3.05, 3.63) is 65.0 Å². The molecule has 1 aromatic heterocycles. The average molecular weight is 382 g/mol. The zero-order chi connectivity index (χ0) is 19.5. The minimum atomic E-state index is -1.01. The van der Waals surface area contributed by atoms with Gasteiger partial charge in [-0.25, -0.2) is 0 Å². The Morgan fingerprint density at radius 1 is 1.11 bits per heavy atom. The molecule has 146 valence electrons. The van der Waals surface area contributed by atoms with Crippen molar-refractivity contribution in [3.63, 3.8) is 0 Å². The van der Waals surface area contributed by atoms with E-state index in [1.54, 1.807) is 30.3 Å². The summed E-state index contributed by atoms with van der Waals surface area (Å²) < 4.78 is 16.8. The Kier molecular flexibility index (Phi) is 5.32. The summed E-state index contributed by atoms with van der Waals surface area (Å²) in [5, 5.41) is 20.2. The molecule has 1 aliphatic carbocycles. The van der Waals surface area contributed by atoms with Crippen LogP contribution in [0.5, 0.6) is 17.2 Å². The second kappa shape index (κ2) is 8.04. The molecule has 1 heterocycles. The van der Waals surface area contributed by atoms with Crippen molar-refractivity contribution in [1.82, 2.24) is 0 Å². The van der Waals surface area contributed by atoms with E-state index >= 15 is 0 Å². The van der Waals surface area contributed by atoms with Gasteiger partial charge in [0.2, 0.25) is 17.5 Å². The first-order valence-corrected chi connectivity index (χ1v) is 9.40. The summed E-state index contributed by atoms with van der Waals surface area (Å²) in [5.74, 6) is 1.00. The molecule has 1 aliphatic rings. The SMILES string of the molecule is O=c1c(Oc2ccccc2)coc2cc(OC(O)C3CCCC3CO)ccc12. The molecule has 0 amide bonds. The van der Waals surface area contributed by atoms with Crippen molar-refractivity contribution in [2.45, 2.75) is 25.6 Å². The van der Waals surface area contributed by atoms with Crippen LogP contribution in [-0.2, 0) is 0 Å². The van der Waals surface area contributed by atoms with Crippen molar-refractivity contribution >= 4 is 11.0 Å². The molecule has 6 nitrogen and oxygen atoms in total. The number of rotatable bonds is 6. The summed E-state index contributed by atoms with van der Waals surface area (Å²) >= 11 is 0. The van der Waals surface area contributed by atoms with Gasteiger partial charge in [0.15, 0.2) is 0 Å². The number of aliphatic hydroxyl groups is 2. The maximum absolute atomic E-state index is 12.7. The fourth-order valence-electron chi connectivity index (χ4n) is 3.74. The van der Waals surface area contributed by atoms with Gasteiger partial charge in [-0.05, 0) is 43.0 Å². The number of aliphatic hydroxyl groups excluding tert-OH is 2. The van der Waals surface area contributed by atoms with Crippen molar-refractivity contribution in [1.29, 1.82) is 0 Å². The molecule has 1 saturated carbocycles. The Hall–Kier alpha value is -2.83. The Bertz CT molecular complexity index is 997. The van der Waals surface area contributed by atoms with Crippen LogP contribution in [0.1, 0.15) is 19.3 Å². The molecule has 28 heavy (non-hydrogen) atoms. The maximum Gasteiger partial charge on any atom is 0.235 e. The highest BCUT2D eigenvalue weighted by Crippen LogP contribution is 2.35. The van der Waals surface area contributed by atoms with Crippen LogP contribution < -0.4 is 14.9 Å². The van der Waals surface area contributed by atoms with E-state index < -0.39 is 6.29 Å². The first-order chi connectivity index (χ1) is 13.7. The molecule has 2 aromatic carbocycles. The van der Waals surface area contributed by atoms with Gasteiger partial charge in [-0.15, -0.1) is 0 Å². The van der Waals surface area contributed by atoms with Gasteiger partial charge in [0.25, 0.3) is 0 Å². The van der Waals surface area contributed by atoms with Crippen LogP contribution in [0.3, 0.4) is 0 Å². The first kappa shape index (κ1) is 18.5. The summed E-state index contributed by atoms with van der Waals surface area (Å²) in [5.41, 5.74) is 0.0635. The summed E-state index contributed by atoms with van der Waals surface area (Å²) in [6.07, 6.45) is 2.93. The largest absolute Gasteiger partial charge is 0.465 e. The number of fused-ring (bicyclic) bond motifs is 1. The van der Waals surface area contributed by atoms with E-state index in [4.69, 9.17) is 13.9 Å². The van der Waals surface area contributed by atoms with Crippen LogP contribution in [0.4, 0.5) is 0 Å². The van der Waals surface area contributed by atoms with E-state index in [1.807, 2.05) is 18.2 Å². The van der Waals surface area contributed by atoms with Crippen LogP contribution in [0.25, 0.3) is 11.0 Å². The summed E-state index contributed by atoms with van der Waals surface area (Å²) in [4.78, 5) is 12.7. The van der Waals surface area contributed by atoms with Gasteiger partial charge in [0.1, 0.15) is 23.3 Å². The molecule has 3 atom stereocenters. The lowest BCUT2D eigenvalue weighted by Gasteiger charge is -2.24. The molecular formula is C22H22O6. The predicted molar refractivity (Wildman–Crippen MR) is 104 cm³/mol. The second-order valence-electron chi connectivity index (χ2n) is 7.05. The van der Waals surface area contributed by atoms with Gasteiger partial charge < -0.3 is 24.1 Å². The highest BCUT2D eigenvalue weighted by atomic mass is 16.6. The molecule has 4 rings (SSSR count). The van der Waals surface area contributed by atoms with Crippen molar-refractivity contribution in [2.24, 2.45) is 11.8 Å². The van der Waals surface area contributed by atoms with Crippen LogP contribution >= 0.6 is 0 Å². The molecule has 0 saturated heterocycles. The van der Waals surface area contributed by atoms with E-state index in [1.165, 1.54) is 6.26 Å². The third kappa shape index (κ3) is 3.74. The van der Waals surface area contributed by atoms with E-state index in [-0.39, 0.29) is 29.6 Å². The Morgan fingerprint density at radius 3 is 2.71 bits per heavy atom. The molecule has 1 fully saturated rings. The average Bonchev–Trinajstić information content (AvgIpc) is 3.20. The van der Waals surface area contributed by atoms with Crippen LogP contribution in [-0.4, -0.2) is 23.1 Å². The molecule has 2 N–H and O–H groups in total. The number of hydrogen-bond donors (Lipinski definition) is 2. The van der Waals surface area contributed by atoms with Crippen molar-refractivity contribution < 1.29 is 24.1 Å². The molecule has 3 unspecified atom stereocenters. The first-order valence-electron chi connectivity index (χ1n) is 9.40. The van der Waals surface area contributed by atoms with Crippen molar-refractivity contribution in [3.8, 4) is 17.2 Å². The van der Waals surface area contributed by atoms with Crippen LogP contribution in [0.15, 0.2) is 64.0 Å². The lowest BCUT2D eigenvalue weighted by molar-refractivity contribution is -0.0787. The standard InChI is InChI=1S/C22H22O6/c23-12-14-5-4-8-17(14)22(25)28-16-9-10-18-19(11-16)26-13-20(21(18)24)27-15-6-2-1-3-7-15/h1-3,6-7,9-11,13-14,17,22-23,25H,4-5,8,12H2. The Labute approximate surface area is 162 Å².